The van der Waals surface area contributed by atoms with E-state index in [9.17, 15) is 13.2 Å². The third kappa shape index (κ3) is 6.45. The van der Waals surface area contributed by atoms with Crippen molar-refractivity contribution in [2.45, 2.75) is 23.8 Å². The van der Waals surface area contributed by atoms with Gasteiger partial charge in [0.05, 0.1) is 4.90 Å². The minimum absolute atomic E-state index is 0.102. The fourth-order valence-corrected chi connectivity index (χ4v) is 4.34. The summed E-state index contributed by atoms with van der Waals surface area (Å²) >= 11 is 3.31. The first-order valence-electron chi connectivity index (χ1n) is 9.31. The second kappa shape index (κ2) is 9.60. The highest BCUT2D eigenvalue weighted by molar-refractivity contribution is 9.10. The third-order valence-corrected chi connectivity index (χ3v) is 6.61. The Morgan fingerprint density at radius 3 is 2.34 bits per heavy atom. The zero-order valence-electron chi connectivity index (χ0n) is 16.1. The van der Waals surface area contributed by atoms with Gasteiger partial charge in [-0.25, -0.2) is 8.42 Å². The molecule has 0 aromatic heterocycles. The van der Waals surface area contributed by atoms with E-state index >= 15 is 0 Å². The highest BCUT2D eigenvalue weighted by Crippen LogP contribution is 2.21. The lowest BCUT2D eigenvalue weighted by atomic mass is 10.1. The molecule has 2 N–H and O–H groups in total. The Morgan fingerprint density at radius 2 is 1.72 bits per heavy atom. The normalized spacial score (nSPS) is 15.7. The average Bonchev–Trinajstić information content (AvgIpc) is 2.70. The van der Waals surface area contributed by atoms with Crippen LogP contribution in [0, 0.1) is 0 Å². The first-order chi connectivity index (χ1) is 13.8. The molecule has 0 unspecified atom stereocenters. The van der Waals surface area contributed by atoms with E-state index < -0.39 is 10.0 Å². The first kappa shape index (κ1) is 21.6. The molecule has 29 heavy (non-hydrogen) atoms. The Kier molecular flexibility index (Phi) is 7.15. The van der Waals surface area contributed by atoms with E-state index in [1.807, 2.05) is 0 Å². The summed E-state index contributed by atoms with van der Waals surface area (Å²) in [5, 5.41) is 2.98. The number of halogens is 1. The standard InChI is InChI=1S/C20H24BrN3O4S/c1-24-12-10-16(11-13-24)22-20(25)14-28-18-6-8-19(9-7-18)29(26,27)23-17-4-2-15(21)3-5-17/h2-9,16,23H,10-14H2,1H3,(H,22,25). The first-order valence-corrected chi connectivity index (χ1v) is 11.6. The van der Waals surface area contributed by atoms with Crippen molar-refractivity contribution in [3.63, 3.8) is 0 Å². The molecular formula is C20H24BrN3O4S. The van der Waals surface area contributed by atoms with E-state index in [2.05, 4.69) is 37.9 Å². The van der Waals surface area contributed by atoms with Gasteiger partial charge < -0.3 is 15.0 Å². The minimum Gasteiger partial charge on any atom is -0.484 e. The summed E-state index contributed by atoms with van der Waals surface area (Å²) in [4.78, 5) is 14.4. The lowest BCUT2D eigenvalue weighted by Gasteiger charge is -2.29. The van der Waals surface area contributed by atoms with Crippen LogP contribution in [0.1, 0.15) is 12.8 Å². The number of nitrogens with zero attached hydrogens (tertiary/aromatic N) is 1. The predicted octanol–water partition coefficient (Wildman–Crippen LogP) is 2.84. The zero-order chi connectivity index (χ0) is 20.9. The van der Waals surface area contributed by atoms with Gasteiger partial charge in [-0.2, -0.15) is 0 Å². The summed E-state index contributed by atoms with van der Waals surface area (Å²) in [5.41, 5.74) is 0.471. The van der Waals surface area contributed by atoms with E-state index in [-0.39, 0.29) is 23.5 Å². The number of nitrogens with one attached hydrogen (secondary N) is 2. The molecule has 0 saturated carbocycles. The number of sulfonamides is 1. The van der Waals surface area contributed by atoms with E-state index in [0.29, 0.717) is 11.4 Å². The Morgan fingerprint density at radius 1 is 1.10 bits per heavy atom. The number of hydrogen-bond acceptors (Lipinski definition) is 5. The van der Waals surface area contributed by atoms with E-state index in [1.165, 1.54) is 12.1 Å². The van der Waals surface area contributed by atoms with Gasteiger partial charge in [-0.05, 0) is 81.5 Å². The lowest BCUT2D eigenvalue weighted by Crippen LogP contribution is -2.44. The number of carbonyl (C=O) groups is 1. The molecule has 1 aliphatic rings. The summed E-state index contributed by atoms with van der Waals surface area (Å²) in [6.45, 7) is 1.83. The summed E-state index contributed by atoms with van der Waals surface area (Å²) < 4.78 is 33.8. The van der Waals surface area contributed by atoms with Gasteiger partial charge in [0.1, 0.15) is 5.75 Å². The largest absolute Gasteiger partial charge is 0.484 e. The zero-order valence-corrected chi connectivity index (χ0v) is 18.5. The number of rotatable bonds is 7. The molecule has 156 valence electrons. The Hall–Kier alpha value is -2.10. The second-order valence-corrected chi connectivity index (χ2v) is 9.62. The monoisotopic (exact) mass is 481 g/mol. The van der Waals surface area contributed by atoms with Crippen LogP contribution < -0.4 is 14.8 Å². The van der Waals surface area contributed by atoms with Crippen LogP contribution in [0.25, 0.3) is 0 Å². The molecule has 0 spiro atoms. The smallest absolute Gasteiger partial charge is 0.261 e. The highest BCUT2D eigenvalue weighted by atomic mass is 79.9. The Bertz CT molecular complexity index is 925. The average molecular weight is 482 g/mol. The number of amides is 1. The minimum atomic E-state index is -3.70. The molecule has 9 heteroatoms. The number of ether oxygens (including phenoxy) is 1. The maximum atomic E-state index is 12.5. The van der Waals surface area contributed by atoms with E-state index in [1.54, 1.807) is 36.4 Å². The van der Waals surface area contributed by atoms with Gasteiger partial charge in [-0.15, -0.1) is 0 Å². The van der Waals surface area contributed by atoms with Crippen LogP contribution in [0.15, 0.2) is 57.9 Å². The van der Waals surface area contributed by atoms with Crippen LogP contribution in [0.3, 0.4) is 0 Å². The van der Waals surface area contributed by atoms with Gasteiger partial charge in [0.2, 0.25) is 0 Å². The molecule has 1 aliphatic heterocycles. The Labute approximate surface area is 179 Å². The van der Waals surface area contributed by atoms with Gasteiger partial charge in [-0.1, -0.05) is 15.9 Å². The van der Waals surface area contributed by atoms with Crippen molar-refractivity contribution in [2.24, 2.45) is 0 Å². The van der Waals surface area contributed by atoms with Crippen LogP contribution in [-0.2, 0) is 14.8 Å². The fourth-order valence-electron chi connectivity index (χ4n) is 3.02. The van der Waals surface area contributed by atoms with Crippen molar-refractivity contribution < 1.29 is 17.9 Å². The molecule has 7 nitrogen and oxygen atoms in total. The quantitative estimate of drug-likeness (QED) is 0.634. The maximum absolute atomic E-state index is 12.5. The van der Waals surface area contributed by atoms with Crippen molar-refractivity contribution in [3.8, 4) is 5.75 Å². The summed E-state index contributed by atoms with van der Waals surface area (Å²) in [6, 6.07) is 13.0. The molecule has 1 amide bonds. The summed E-state index contributed by atoms with van der Waals surface area (Å²) in [7, 11) is -1.63. The van der Waals surface area contributed by atoms with Gasteiger partial charge in [0, 0.05) is 16.2 Å². The van der Waals surface area contributed by atoms with Crippen LogP contribution in [0.5, 0.6) is 5.75 Å². The highest BCUT2D eigenvalue weighted by Gasteiger charge is 2.19. The van der Waals surface area contributed by atoms with Crippen LogP contribution in [-0.4, -0.2) is 52.0 Å². The molecule has 0 atom stereocenters. The number of likely N-dealkylation sites (tertiary alicyclic amines) is 1. The molecule has 0 radical (unpaired) electrons. The third-order valence-electron chi connectivity index (χ3n) is 4.68. The topological polar surface area (TPSA) is 87.7 Å². The molecule has 0 aliphatic carbocycles. The van der Waals surface area contributed by atoms with Crippen molar-refractivity contribution in [1.29, 1.82) is 0 Å². The fraction of sp³-hybridized carbons (Fsp3) is 0.350. The number of anilines is 1. The molecule has 1 heterocycles. The summed E-state index contributed by atoms with van der Waals surface area (Å²) in [5.74, 6) is 0.263. The number of hydrogen-bond donors (Lipinski definition) is 2. The lowest BCUT2D eigenvalue weighted by molar-refractivity contribution is -0.124. The van der Waals surface area contributed by atoms with Crippen molar-refractivity contribution in [1.82, 2.24) is 10.2 Å². The molecule has 0 bridgehead atoms. The summed E-state index contributed by atoms with van der Waals surface area (Å²) in [6.07, 6.45) is 1.86. The van der Waals surface area contributed by atoms with Crippen LogP contribution in [0.2, 0.25) is 0 Å². The molecule has 2 aromatic rings. The van der Waals surface area contributed by atoms with Crippen LogP contribution in [0.4, 0.5) is 5.69 Å². The second-order valence-electron chi connectivity index (χ2n) is 7.02. The van der Waals surface area contributed by atoms with Gasteiger partial charge in [0.15, 0.2) is 6.61 Å². The van der Waals surface area contributed by atoms with Gasteiger partial charge >= 0.3 is 0 Å². The molecule has 3 rings (SSSR count). The van der Waals surface area contributed by atoms with Crippen molar-refractivity contribution in [3.05, 3.63) is 53.0 Å². The van der Waals surface area contributed by atoms with Crippen LogP contribution >= 0.6 is 15.9 Å². The van der Waals surface area contributed by atoms with Crippen molar-refractivity contribution in [2.75, 3.05) is 31.5 Å². The van der Waals surface area contributed by atoms with E-state index in [4.69, 9.17) is 4.74 Å². The van der Waals surface area contributed by atoms with Crippen molar-refractivity contribution >= 4 is 37.5 Å². The maximum Gasteiger partial charge on any atom is 0.261 e. The number of piperidine rings is 1. The van der Waals surface area contributed by atoms with Gasteiger partial charge in [-0.3, -0.25) is 9.52 Å². The number of carbonyl (C=O) groups excluding carboxylic acids is 1. The predicted molar refractivity (Wildman–Crippen MR) is 116 cm³/mol. The van der Waals surface area contributed by atoms with Gasteiger partial charge in [0.25, 0.3) is 15.9 Å². The molecule has 1 saturated heterocycles. The van der Waals surface area contributed by atoms with E-state index in [0.717, 1.165) is 30.4 Å². The number of benzene rings is 2. The molecule has 1 fully saturated rings. The Balaban J connectivity index is 1.51. The molecule has 2 aromatic carbocycles. The molecular weight excluding hydrogens is 458 g/mol. The SMILES string of the molecule is CN1CCC(NC(=O)COc2ccc(S(=O)(=O)Nc3ccc(Br)cc3)cc2)CC1.